The molecular formula is C9H11ClO4S. The molecule has 1 aromatic rings. The second kappa shape index (κ2) is 4.94. The maximum Gasteiger partial charge on any atom is 0.182 e. The van der Waals surface area contributed by atoms with Crippen LogP contribution in [-0.2, 0) is 9.84 Å². The highest BCUT2D eigenvalue weighted by atomic mass is 35.5. The molecule has 15 heavy (non-hydrogen) atoms. The SMILES string of the molecule is O=S(=O)(CC(O)CO)c1ccccc1Cl. The highest BCUT2D eigenvalue weighted by molar-refractivity contribution is 7.91. The van der Waals surface area contributed by atoms with E-state index in [0.29, 0.717) is 0 Å². The van der Waals surface area contributed by atoms with E-state index in [9.17, 15) is 8.42 Å². The molecule has 0 aromatic heterocycles. The van der Waals surface area contributed by atoms with Crippen molar-refractivity contribution in [2.75, 3.05) is 12.4 Å². The molecule has 0 amide bonds. The van der Waals surface area contributed by atoms with E-state index in [1.54, 1.807) is 12.1 Å². The fraction of sp³-hybridized carbons (Fsp3) is 0.333. The van der Waals surface area contributed by atoms with Crippen molar-refractivity contribution in [3.63, 3.8) is 0 Å². The summed E-state index contributed by atoms with van der Waals surface area (Å²) in [4.78, 5) is -0.0285. The van der Waals surface area contributed by atoms with Crippen molar-refractivity contribution in [3.05, 3.63) is 29.3 Å². The van der Waals surface area contributed by atoms with E-state index in [4.69, 9.17) is 21.8 Å². The van der Waals surface area contributed by atoms with Crippen molar-refractivity contribution in [2.45, 2.75) is 11.0 Å². The molecule has 1 rings (SSSR count). The third-order valence-electron chi connectivity index (χ3n) is 1.79. The Morgan fingerprint density at radius 3 is 2.47 bits per heavy atom. The van der Waals surface area contributed by atoms with E-state index >= 15 is 0 Å². The number of aliphatic hydroxyl groups is 2. The molecule has 6 heteroatoms. The first-order chi connectivity index (χ1) is 6.97. The van der Waals surface area contributed by atoms with Crippen LogP contribution in [0.1, 0.15) is 0 Å². The molecule has 1 unspecified atom stereocenters. The van der Waals surface area contributed by atoms with Crippen LogP contribution in [0.25, 0.3) is 0 Å². The van der Waals surface area contributed by atoms with Gasteiger partial charge >= 0.3 is 0 Å². The Morgan fingerprint density at radius 2 is 1.93 bits per heavy atom. The molecular weight excluding hydrogens is 240 g/mol. The predicted molar refractivity (Wildman–Crippen MR) is 56.6 cm³/mol. The smallest absolute Gasteiger partial charge is 0.182 e. The van der Waals surface area contributed by atoms with Gasteiger partial charge in [-0.05, 0) is 12.1 Å². The van der Waals surface area contributed by atoms with E-state index in [2.05, 4.69) is 0 Å². The van der Waals surface area contributed by atoms with Crippen LogP contribution in [0.15, 0.2) is 29.2 Å². The van der Waals surface area contributed by atoms with Gasteiger partial charge in [0.1, 0.15) is 0 Å². The molecule has 1 aromatic carbocycles. The van der Waals surface area contributed by atoms with Crippen LogP contribution in [0.5, 0.6) is 0 Å². The van der Waals surface area contributed by atoms with Crippen LogP contribution in [0.2, 0.25) is 5.02 Å². The monoisotopic (exact) mass is 250 g/mol. The van der Waals surface area contributed by atoms with E-state index in [1.165, 1.54) is 12.1 Å². The number of halogens is 1. The third kappa shape index (κ3) is 3.17. The summed E-state index contributed by atoms with van der Waals surface area (Å²) in [6.45, 7) is -0.594. The predicted octanol–water partition coefficient (Wildman–Crippen LogP) is 0.467. The molecule has 4 nitrogen and oxygen atoms in total. The van der Waals surface area contributed by atoms with E-state index in [1.807, 2.05) is 0 Å². The van der Waals surface area contributed by atoms with E-state index < -0.39 is 28.3 Å². The lowest BCUT2D eigenvalue weighted by Gasteiger charge is -2.09. The van der Waals surface area contributed by atoms with Gasteiger partial charge in [-0.3, -0.25) is 0 Å². The molecule has 0 fully saturated rings. The Bertz CT molecular complexity index is 429. The molecule has 0 spiro atoms. The summed E-state index contributed by atoms with van der Waals surface area (Å²) < 4.78 is 23.3. The number of hydrogen-bond acceptors (Lipinski definition) is 4. The average Bonchev–Trinajstić information content (AvgIpc) is 2.17. The largest absolute Gasteiger partial charge is 0.394 e. The molecule has 0 aliphatic rings. The summed E-state index contributed by atoms with van der Waals surface area (Å²) >= 11 is 5.71. The fourth-order valence-electron chi connectivity index (χ4n) is 1.09. The van der Waals surface area contributed by atoms with Crippen LogP contribution >= 0.6 is 11.6 Å². The number of hydrogen-bond donors (Lipinski definition) is 2. The molecule has 0 saturated carbocycles. The summed E-state index contributed by atoms with van der Waals surface area (Å²) in [6, 6.07) is 5.98. The zero-order chi connectivity index (χ0) is 11.5. The average molecular weight is 251 g/mol. The minimum atomic E-state index is -3.64. The zero-order valence-corrected chi connectivity index (χ0v) is 9.37. The zero-order valence-electron chi connectivity index (χ0n) is 7.80. The molecule has 0 heterocycles. The van der Waals surface area contributed by atoms with Gasteiger partial charge in [0.05, 0.1) is 28.4 Å². The quantitative estimate of drug-likeness (QED) is 0.815. The number of rotatable bonds is 4. The maximum atomic E-state index is 11.7. The number of benzene rings is 1. The number of aliphatic hydroxyl groups excluding tert-OH is 2. The van der Waals surface area contributed by atoms with Gasteiger partial charge in [0.15, 0.2) is 9.84 Å². The van der Waals surface area contributed by atoms with Crippen LogP contribution < -0.4 is 0 Å². The normalized spacial score (nSPS) is 13.8. The van der Waals surface area contributed by atoms with Gasteiger partial charge in [0.2, 0.25) is 0 Å². The molecule has 0 aliphatic carbocycles. The van der Waals surface area contributed by atoms with Crippen molar-refractivity contribution >= 4 is 21.4 Å². The Kier molecular flexibility index (Phi) is 4.10. The summed E-state index contributed by atoms with van der Waals surface area (Å²) in [5.41, 5.74) is 0. The topological polar surface area (TPSA) is 74.6 Å². The molecule has 0 bridgehead atoms. The van der Waals surface area contributed by atoms with Gasteiger partial charge in [0, 0.05) is 0 Å². The van der Waals surface area contributed by atoms with Gasteiger partial charge in [-0.15, -0.1) is 0 Å². The summed E-state index contributed by atoms with van der Waals surface area (Å²) in [7, 11) is -3.64. The second-order valence-electron chi connectivity index (χ2n) is 3.05. The standard InChI is InChI=1S/C9H11ClO4S/c10-8-3-1-2-4-9(8)15(13,14)6-7(12)5-11/h1-4,7,11-12H,5-6H2. The lowest BCUT2D eigenvalue weighted by Crippen LogP contribution is -2.24. The second-order valence-corrected chi connectivity index (χ2v) is 5.46. The molecule has 0 radical (unpaired) electrons. The van der Waals surface area contributed by atoms with Gasteiger partial charge in [-0.2, -0.15) is 0 Å². The van der Waals surface area contributed by atoms with E-state index in [-0.39, 0.29) is 9.92 Å². The maximum absolute atomic E-state index is 11.7. The first kappa shape index (κ1) is 12.4. The van der Waals surface area contributed by atoms with Crippen molar-refractivity contribution in [2.24, 2.45) is 0 Å². The first-order valence-corrected chi connectivity index (χ1v) is 6.26. The van der Waals surface area contributed by atoms with Gasteiger partial charge in [0.25, 0.3) is 0 Å². The van der Waals surface area contributed by atoms with Crippen molar-refractivity contribution in [1.29, 1.82) is 0 Å². The molecule has 84 valence electrons. The first-order valence-electron chi connectivity index (χ1n) is 4.23. The van der Waals surface area contributed by atoms with Crippen molar-refractivity contribution in [1.82, 2.24) is 0 Å². The summed E-state index contributed by atoms with van der Waals surface area (Å²) in [6.07, 6.45) is -1.29. The van der Waals surface area contributed by atoms with Crippen LogP contribution in [0.3, 0.4) is 0 Å². The van der Waals surface area contributed by atoms with Gasteiger partial charge in [-0.25, -0.2) is 8.42 Å². The fourth-order valence-corrected chi connectivity index (χ4v) is 3.02. The van der Waals surface area contributed by atoms with Crippen molar-refractivity contribution in [3.8, 4) is 0 Å². The minimum absolute atomic E-state index is 0.0285. The Labute approximate surface area is 93.0 Å². The molecule has 1 atom stereocenters. The lowest BCUT2D eigenvalue weighted by atomic mass is 10.4. The minimum Gasteiger partial charge on any atom is -0.394 e. The third-order valence-corrected chi connectivity index (χ3v) is 4.09. The van der Waals surface area contributed by atoms with Crippen molar-refractivity contribution < 1.29 is 18.6 Å². The lowest BCUT2D eigenvalue weighted by molar-refractivity contribution is 0.112. The Balaban J connectivity index is 3.02. The summed E-state index contributed by atoms with van der Waals surface area (Å²) in [5.74, 6) is -0.534. The van der Waals surface area contributed by atoms with Crippen LogP contribution in [0.4, 0.5) is 0 Å². The summed E-state index contributed by atoms with van der Waals surface area (Å²) in [5, 5.41) is 17.8. The van der Waals surface area contributed by atoms with Crippen LogP contribution in [-0.4, -0.2) is 37.1 Å². The van der Waals surface area contributed by atoms with E-state index in [0.717, 1.165) is 0 Å². The molecule has 0 saturated heterocycles. The van der Waals surface area contributed by atoms with Gasteiger partial charge in [-0.1, -0.05) is 23.7 Å². The Hall–Kier alpha value is -0.620. The molecule has 0 aliphatic heterocycles. The highest BCUT2D eigenvalue weighted by Gasteiger charge is 2.21. The van der Waals surface area contributed by atoms with Gasteiger partial charge < -0.3 is 10.2 Å². The van der Waals surface area contributed by atoms with Crippen LogP contribution in [0, 0.1) is 0 Å². The highest BCUT2D eigenvalue weighted by Crippen LogP contribution is 2.21. The number of sulfone groups is 1. The Morgan fingerprint density at radius 1 is 1.33 bits per heavy atom. The molecule has 2 N–H and O–H groups in total.